The van der Waals surface area contributed by atoms with E-state index in [1.807, 2.05) is 0 Å². The zero-order valence-corrected chi connectivity index (χ0v) is 11.5. The molecule has 7 heteroatoms. The van der Waals surface area contributed by atoms with E-state index >= 15 is 0 Å². The molecular weight excluding hydrogens is 277 g/mol. The van der Waals surface area contributed by atoms with Crippen LogP contribution in [0.4, 0.5) is 15.9 Å². The second kappa shape index (κ2) is 6.08. The van der Waals surface area contributed by atoms with Crippen LogP contribution in [-0.4, -0.2) is 25.1 Å². The zero-order valence-electron chi connectivity index (χ0n) is 11.5. The number of nitrogen functional groups attached to an aromatic ring is 1. The molecule has 1 aromatic carbocycles. The Labute approximate surface area is 120 Å². The van der Waals surface area contributed by atoms with Crippen LogP contribution < -0.4 is 20.5 Å². The number of benzene rings is 1. The maximum atomic E-state index is 13.8. The molecular formula is C14H14FN3O3. The normalized spacial score (nSPS) is 10.0. The number of nitrogens with one attached hydrogen (secondary N) is 1. The summed E-state index contributed by atoms with van der Waals surface area (Å²) in [7, 11) is 2.97. The van der Waals surface area contributed by atoms with E-state index < -0.39 is 11.7 Å². The SMILES string of the molecule is COc1ccc(NC(=O)c2ccnc(N)c2F)c(OC)c1. The van der Waals surface area contributed by atoms with Gasteiger partial charge in [-0.1, -0.05) is 0 Å². The van der Waals surface area contributed by atoms with E-state index in [9.17, 15) is 9.18 Å². The lowest BCUT2D eigenvalue weighted by Crippen LogP contribution is -2.15. The molecule has 0 bridgehead atoms. The highest BCUT2D eigenvalue weighted by Crippen LogP contribution is 2.29. The second-order valence-corrected chi connectivity index (χ2v) is 4.08. The third-order valence-corrected chi connectivity index (χ3v) is 2.82. The number of pyridine rings is 1. The van der Waals surface area contributed by atoms with Crippen LogP contribution in [0.3, 0.4) is 0 Å². The number of carbonyl (C=O) groups is 1. The van der Waals surface area contributed by atoms with Crippen LogP contribution in [0.5, 0.6) is 11.5 Å². The Hall–Kier alpha value is -2.83. The lowest BCUT2D eigenvalue weighted by Gasteiger charge is -2.12. The number of nitrogens with two attached hydrogens (primary N) is 1. The van der Waals surface area contributed by atoms with E-state index in [-0.39, 0.29) is 11.4 Å². The lowest BCUT2D eigenvalue weighted by atomic mass is 10.2. The summed E-state index contributed by atoms with van der Waals surface area (Å²) in [6, 6.07) is 6.09. The van der Waals surface area contributed by atoms with Crippen LogP contribution in [0.25, 0.3) is 0 Å². The number of nitrogens with zero attached hydrogens (tertiary/aromatic N) is 1. The monoisotopic (exact) mass is 291 g/mol. The Balaban J connectivity index is 2.29. The van der Waals surface area contributed by atoms with Gasteiger partial charge in [0.2, 0.25) is 0 Å². The average Bonchev–Trinajstić information content (AvgIpc) is 2.50. The highest BCUT2D eigenvalue weighted by molar-refractivity contribution is 6.05. The summed E-state index contributed by atoms with van der Waals surface area (Å²) in [5, 5.41) is 2.55. The van der Waals surface area contributed by atoms with Gasteiger partial charge in [-0.15, -0.1) is 0 Å². The molecule has 1 amide bonds. The van der Waals surface area contributed by atoms with Gasteiger partial charge in [0.15, 0.2) is 11.6 Å². The number of amides is 1. The van der Waals surface area contributed by atoms with E-state index in [4.69, 9.17) is 15.2 Å². The molecule has 0 unspecified atom stereocenters. The predicted molar refractivity (Wildman–Crippen MR) is 76.1 cm³/mol. The van der Waals surface area contributed by atoms with E-state index in [1.54, 1.807) is 18.2 Å². The second-order valence-electron chi connectivity index (χ2n) is 4.08. The first-order valence-corrected chi connectivity index (χ1v) is 6.00. The zero-order chi connectivity index (χ0) is 15.4. The Morgan fingerprint density at radius 2 is 2.05 bits per heavy atom. The van der Waals surface area contributed by atoms with Crippen molar-refractivity contribution in [2.24, 2.45) is 0 Å². The summed E-state index contributed by atoms with van der Waals surface area (Å²) < 4.78 is 24.0. The molecule has 6 nitrogen and oxygen atoms in total. The summed E-state index contributed by atoms with van der Waals surface area (Å²) >= 11 is 0. The molecule has 0 aliphatic carbocycles. The fraction of sp³-hybridized carbons (Fsp3) is 0.143. The van der Waals surface area contributed by atoms with Gasteiger partial charge in [0.25, 0.3) is 5.91 Å². The van der Waals surface area contributed by atoms with Crippen LogP contribution in [0.15, 0.2) is 30.5 Å². The molecule has 0 radical (unpaired) electrons. The number of hydrogen-bond donors (Lipinski definition) is 2. The number of rotatable bonds is 4. The smallest absolute Gasteiger partial charge is 0.258 e. The van der Waals surface area contributed by atoms with Gasteiger partial charge < -0.3 is 20.5 Å². The minimum atomic E-state index is -0.859. The number of methoxy groups -OCH3 is 2. The molecule has 0 saturated heterocycles. The van der Waals surface area contributed by atoms with Gasteiger partial charge in [-0.3, -0.25) is 4.79 Å². The third-order valence-electron chi connectivity index (χ3n) is 2.82. The van der Waals surface area contributed by atoms with E-state index in [0.29, 0.717) is 17.2 Å². The average molecular weight is 291 g/mol. The van der Waals surface area contributed by atoms with Gasteiger partial charge in [0, 0.05) is 12.3 Å². The van der Waals surface area contributed by atoms with Gasteiger partial charge >= 0.3 is 0 Å². The van der Waals surface area contributed by atoms with E-state index in [1.165, 1.54) is 26.5 Å². The largest absolute Gasteiger partial charge is 0.497 e. The van der Waals surface area contributed by atoms with Crippen molar-refractivity contribution in [1.29, 1.82) is 0 Å². The van der Waals surface area contributed by atoms with E-state index in [2.05, 4.69) is 10.3 Å². The Bertz CT molecular complexity index is 677. The minimum absolute atomic E-state index is 0.194. The summed E-state index contributed by atoms with van der Waals surface area (Å²) in [4.78, 5) is 15.7. The number of aromatic nitrogens is 1. The van der Waals surface area contributed by atoms with E-state index in [0.717, 1.165) is 0 Å². The van der Waals surface area contributed by atoms with Crippen molar-refractivity contribution in [3.8, 4) is 11.5 Å². The molecule has 0 spiro atoms. The fourth-order valence-electron chi connectivity index (χ4n) is 1.73. The summed E-state index contributed by atoms with van der Waals surface area (Å²) in [6.45, 7) is 0. The topological polar surface area (TPSA) is 86.5 Å². The molecule has 0 fully saturated rings. The maximum Gasteiger partial charge on any atom is 0.258 e. The molecule has 0 atom stereocenters. The number of ether oxygens (including phenoxy) is 2. The lowest BCUT2D eigenvalue weighted by molar-refractivity contribution is 0.102. The third kappa shape index (κ3) is 3.02. The Morgan fingerprint density at radius 3 is 2.71 bits per heavy atom. The van der Waals surface area contributed by atoms with Gasteiger partial charge in [-0.2, -0.15) is 0 Å². The predicted octanol–water partition coefficient (Wildman–Crippen LogP) is 2.07. The first-order valence-electron chi connectivity index (χ1n) is 6.00. The molecule has 2 rings (SSSR count). The van der Waals surface area contributed by atoms with Crippen LogP contribution in [0.1, 0.15) is 10.4 Å². The van der Waals surface area contributed by atoms with Gasteiger partial charge in [-0.25, -0.2) is 9.37 Å². The highest BCUT2D eigenvalue weighted by atomic mass is 19.1. The van der Waals surface area contributed by atoms with Crippen molar-refractivity contribution in [3.05, 3.63) is 41.8 Å². The molecule has 3 N–H and O–H groups in total. The van der Waals surface area contributed by atoms with Crippen molar-refractivity contribution < 1.29 is 18.7 Å². The van der Waals surface area contributed by atoms with Gasteiger partial charge in [0.1, 0.15) is 11.5 Å². The maximum absolute atomic E-state index is 13.8. The van der Waals surface area contributed by atoms with Crippen molar-refractivity contribution in [2.75, 3.05) is 25.3 Å². The number of carbonyl (C=O) groups excluding carboxylic acids is 1. The molecule has 2 aromatic rings. The first kappa shape index (κ1) is 14.6. The van der Waals surface area contributed by atoms with Crippen molar-refractivity contribution >= 4 is 17.4 Å². The Morgan fingerprint density at radius 1 is 1.29 bits per heavy atom. The van der Waals surface area contributed by atoms with Crippen LogP contribution in [-0.2, 0) is 0 Å². The van der Waals surface area contributed by atoms with Gasteiger partial charge in [0.05, 0.1) is 25.5 Å². The summed E-state index contributed by atoms with van der Waals surface area (Å²) in [5.74, 6) is -0.869. The standard InChI is InChI=1S/C14H14FN3O3/c1-20-8-3-4-10(11(7-8)21-2)18-14(19)9-5-6-17-13(16)12(9)15/h3-7H,1-2H3,(H2,16,17)(H,18,19). The number of anilines is 2. The molecule has 1 aromatic heterocycles. The molecule has 110 valence electrons. The summed E-state index contributed by atoms with van der Waals surface area (Å²) in [6.07, 6.45) is 1.26. The summed E-state index contributed by atoms with van der Waals surface area (Å²) in [5.41, 5.74) is 5.53. The minimum Gasteiger partial charge on any atom is -0.497 e. The van der Waals surface area contributed by atoms with Crippen molar-refractivity contribution in [2.45, 2.75) is 0 Å². The molecule has 1 heterocycles. The van der Waals surface area contributed by atoms with Gasteiger partial charge in [-0.05, 0) is 18.2 Å². The van der Waals surface area contributed by atoms with Crippen LogP contribution >= 0.6 is 0 Å². The Kier molecular flexibility index (Phi) is 4.22. The number of hydrogen-bond acceptors (Lipinski definition) is 5. The quantitative estimate of drug-likeness (QED) is 0.900. The molecule has 0 saturated carbocycles. The van der Waals surface area contributed by atoms with Crippen LogP contribution in [0, 0.1) is 5.82 Å². The highest BCUT2D eigenvalue weighted by Gasteiger charge is 2.16. The number of halogens is 1. The first-order chi connectivity index (χ1) is 10.1. The molecule has 0 aliphatic rings. The molecule has 0 aliphatic heterocycles. The van der Waals surface area contributed by atoms with Crippen molar-refractivity contribution in [3.63, 3.8) is 0 Å². The fourth-order valence-corrected chi connectivity index (χ4v) is 1.73. The van der Waals surface area contributed by atoms with Crippen molar-refractivity contribution in [1.82, 2.24) is 4.98 Å². The van der Waals surface area contributed by atoms with Crippen LogP contribution in [0.2, 0.25) is 0 Å². The molecule has 21 heavy (non-hydrogen) atoms.